The molecule has 0 aromatic rings. The number of nitrogens with two attached hydrogens (primary N) is 1. The lowest BCUT2D eigenvalue weighted by Crippen LogP contribution is -2.34. The highest BCUT2D eigenvalue weighted by Crippen LogP contribution is 2.43. The second-order valence-electron chi connectivity index (χ2n) is 15.9. The second-order valence-corrected chi connectivity index (χ2v) is 17.3. The zero-order chi connectivity index (χ0) is 41.9. The van der Waals surface area contributed by atoms with Gasteiger partial charge in [-0.05, 0) is 38.5 Å². The quantitative estimate of drug-likeness (QED) is 0.0234. The van der Waals surface area contributed by atoms with Gasteiger partial charge in [0.15, 0.2) is 0 Å². The van der Waals surface area contributed by atoms with Crippen molar-refractivity contribution in [2.75, 3.05) is 26.4 Å². The summed E-state index contributed by atoms with van der Waals surface area (Å²) >= 11 is 0. The molecule has 0 saturated carbocycles. The number of carboxylic acids is 1. The Balaban J connectivity index is 4.10. The minimum absolute atomic E-state index is 0.0154. The molecule has 3 unspecified atom stereocenters. The number of allylic oxidation sites excluding steroid dienone is 4. The van der Waals surface area contributed by atoms with Gasteiger partial charge in [0, 0.05) is 13.0 Å². The summed E-state index contributed by atoms with van der Waals surface area (Å²) in [7, 11) is -4.62. The Morgan fingerprint density at radius 3 is 1.49 bits per heavy atom. The number of esters is 1. The zero-order valence-electron chi connectivity index (χ0n) is 36.7. The molecule has 0 aliphatic heterocycles. The molecule has 0 aliphatic rings. The molecule has 0 bridgehead atoms. The molecular weight excluding hydrogens is 741 g/mol. The number of hydrogen-bond donors (Lipinski definition) is 3. The number of aliphatic carboxylic acids is 1. The highest BCUT2D eigenvalue weighted by molar-refractivity contribution is 7.47. The summed E-state index contributed by atoms with van der Waals surface area (Å²) in [6.45, 7) is 3.83. The van der Waals surface area contributed by atoms with Crippen LogP contribution in [0.1, 0.15) is 219 Å². The Kier molecular flexibility index (Phi) is 41.4. The maximum absolute atomic E-state index is 12.6. The van der Waals surface area contributed by atoms with Gasteiger partial charge in [0.05, 0.1) is 19.8 Å². The van der Waals surface area contributed by atoms with Crippen molar-refractivity contribution < 1.29 is 42.7 Å². The standard InChI is InChI=1S/C46H88NO9P/c1-3-5-7-9-11-13-15-17-18-19-20-21-22-23-24-25-27-29-31-33-35-37-39-53-40-43(41-54-57(51,52)55-42-44(47)46(49)50)56-45(48)38-36-34-32-30-28-26-16-14-12-10-8-6-4-2/h8,10,14,16,43-44H,3-7,9,11-13,15,17-42,47H2,1-2H3,(H,49,50)(H,51,52)/b10-8-,16-14-. The third-order valence-corrected chi connectivity index (χ3v) is 11.2. The molecule has 0 amide bonds. The summed E-state index contributed by atoms with van der Waals surface area (Å²) in [6, 6.07) is -1.47. The van der Waals surface area contributed by atoms with Gasteiger partial charge in [0.25, 0.3) is 0 Å². The molecule has 0 aromatic carbocycles. The van der Waals surface area contributed by atoms with Crippen LogP contribution in [-0.2, 0) is 32.7 Å². The van der Waals surface area contributed by atoms with Crippen LogP contribution >= 0.6 is 7.82 Å². The fourth-order valence-corrected chi connectivity index (χ4v) is 7.36. The van der Waals surface area contributed by atoms with Crippen molar-refractivity contribution in [3.8, 4) is 0 Å². The highest BCUT2D eigenvalue weighted by atomic mass is 31.2. The first kappa shape index (κ1) is 55.5. The monoisotopic (exact) mass is 830 g/mol. The fourth-order valence-electron chi connectivity index (χ4n) is 6.58. The molecule has 11 heteroatoms. The predicted octanol–water partition coefficient (Wildman–Crippen LogP) is 13.1. The first-order valence-corrected chi connectivity index (χ1v) is 24.9. The van der Waals surface area contributed by atoms with Crippen LogP contribution in [0.15, 0.2) is 24.3 Å². The van der Waals surface area contributed by atoms with E-state index in [-0.39, 0.29) is 13.0 Å². The number of ether oxygens (including phenoxy) is 2. The fraction of sp³-hybridized carbons (Fsp3) is 0.870. The van der Waals surface area contributed by atoms with E-state index in [1.54, 1.807) is 0 Å². The van der Waals surface area contributed by atoms with Gasteiger partial charge in [-0.25, -0.2) is 4.57 Å². The molecule has 336 valence electrons. The minimum atomic E-state index is -4.62. The Hall–Kier alpha value is -1.55. The van der Waals surface area contributed by atoms with Crippen molar-refractivity contribution in [2.24, 2.45) is 5.73 Å². The minimum Gasteiger partial charge on any atom is -0.480 e. The lowest BCUT2D eigenvalue weighted by Gasteiger charge is -2.20. The molecule has 0 heterocycles. The zero-order valence-corrected chi connectivity index (χ0v) is 37.6. The molecule has 4 N–H and O–H groups in total. The molecule has 0 fully saturated rings. The molecule has 0 radical (unpaired) electrons. The van der Waals surface area contributed by atoms with Crippen LogP contribution in [0.4, 0.5) is 0 Å². The van der Waals surface area contributed by atoms with Crippen molar-refractivity contribution in [1.29, 1.82) is 0 Å². The summed E-state index contributed by atoms with van der Waals surface area (Å²) in [4.78, 5) is 33.5. The lowest BCUT2D eigenvalue weighted by atomic mass is 10.0. The third-order valence-electron chi connectivity index (χ3n) is 10.2. The molecule has 0 aromatic heterocycles. The Morgan fingerprint density at radius 2 is 1.00 bits per heavy atom. The first-order chi connectivity index (χ1) is 27.7. The number of phosphoric ester groups is 1. The lowest BCUT2D eigenvalue weighted by molar-refractivity contribution is -0.154. The predicted molar refractivity (Wildman–Crippen MR) is 235 cm³/mol. The summed E-state index contributed by atoms with van der Waals surface area (Å²) in [5, 5.41) is 8.90. The Bertz CT molecular complexity index is 1010. The number of carbonyl (C=O) groups excluding carboxylic acids is 1. The summed E-state index contributed by atoms with van der Waals surface area (Å²) in [6.07, 6.45) is 46.7. The van der Waals surface area contributed by atoms with Crippen molar-refractivity contribution in [1.82, 2.24) is 0 Å². The van der Waals surface area contributed by atoms with Gasteiger partial charge in [-0.2, -0.15) is 0 Å². The number of hydrogen-bond acceptors (Lipinski definition) is 8. The van der Waals surface area contributed by atoms with Gasteiger partial charge < -0.3 is 25.2 Å². The van der Waals surface area contributed by atoms with Crippen molar-refractivity contribution in [3.63, 3.8) is 0 Å². The largest absolute Gasteiger partial charge is 0.480 e. The summed E-state index contributed by atoms with van der Waals surface area (Å²) in [5.41, 5.74) is 5.36. The SMILES string of the molecule is CCC/C=C\C/C=C\CCCCCCCC(=O)OC(COCCCCCCCCCCCCCCCCCCCCCCCC)COP(=O)(O)OCC(N)C(=O)O. The molecule has 0 saturated heterocycles. The van der Waals surface area contributed by atoms with Crippen LogP contribution in [0.2, 0.25) is 0 Å². The smallest absolute Gasteiger partial charge is 0.472 e. The number of unbranched alkanes of at least 4 members (excludes halogenated alkanes) is 27. The average molecular weight is 830 g/mol. The summed E-state index contributed by atoms with van der Waals surface area (Å²) in [5.74, 6) is -1.79. The number of carboxylic acid groups (broad SMARTS) is 1. The van der Waals surface area contributed by atoms with Crippen LogP contribution in [-0.4, -0.2) is 60.5 Å². The van der Waals surface area contributed by atoms with Crippen LogP contribution in [0, 0.1) is 0 Å². The van der Waals surface area contributed by atoms with E-state index in [0.717, 1.165) is 64.2 Å². The normalized spacial score (nSPS) is 14.0. The molecular formula is C46H88NO9P. The van der Waals surface area contributed by atoms with Crippen LogP contribution in [0.3, 0.4) is 0 Å². The van der Waals surface area contributed by atoms with Crippen molar-refractivity contribution >= 4 is 19.8 Å². The maximum Gasteiger partial charge on any atom is 0.472 e. The van der Waals surface area contributed by atoms with Crippen molar-refractivity contribution in [2.45, 2.75) is 231 Å². The molecule has 0 aliphatic carbocycles. The van der Waals surface area contributed by atoms with E-state index in [9.17, 15) is 19.0 Å². The molecule has 10 nitrogen and oxygen atoms in total. The van der Waals surface area contributed by atoms with Crippen LogP contribution < -0.4 is 5.73 Å². The second kappa shape index (κ2) is 42.6. The topological polar surface area (TPSA) is 155 Å². The average Bonchev–Trinajstić information content (AvgIpc) is 3.19. The maximum atomic E-state index is 12.6. The van der Waals surface area contributed by atoms with Crippen molar-refractivity contribution in [3.05, 3.63) is 24.3 Å². The van der Waals surface area contributed by atoms with E-state index in [1.165, 1.54) is 128 Å². The third kappa shape index (κ3) is 42.4. The first-order valence-electron chi connectivity index (χ1n) is 23.4. The van der Waals surface area contributed by atoms with E-state index in [4.69, 9.17) is 29.4 Å². The Labute approximate surface area is 349 Å². The van der Waals surface area contributed by atoms with Crippen LogP contribution in [0.25, 0.3) is 0 Å². The van der Waals surface area contributed by atoms with Gasteiger partial charge in [0.2, 0.25) is 0 Å². The number of rotatable bonds is 45. The van der Waals surface area contributed by atoms with E-state index < -0.39 is 45.1 Å². The van der Waals surface area contributed by atoms with E-state index >= 15 is 0 Å². The van der Waals surface area contributed by atoms with Gasteiger partial charge in [-0.15, -0.1) is 0 Å². The number of phosphoric acid groups is 1. The van der Waals surface area contributed by atoms with E-state index in [1.807, 2.05) is 0 Å². The molecule has 57 heavy (non-hydrogen) atoms. The molecule has 0 rings (SSSR count). The van der Waals surface area contributed by atoms with Gasteiger partial charge in [0.1, 0.15) is 12.1 Å². The molecule has 3 atom stereocenters. The van der Waals surface area contributed by atoms with Gasteiger partial charge in [-0.3, -0.25) is 18.6 Å². The molecule has 0 spiro atoms. The van der Waals surface area contributed by atoms with Gasteiger partial charge >= 0.3 is 19.8 Å². The summed E-state index contributed by atoms with van der Waals surface area (Å²) < 4.78 is 33.4. The van der Waals surface area contributed by atoms with E-state index in [2.05, 4.69) is 38.2 Å². The highest BCUT2D eigenvalue weighted by Gasteiger charge is 2.27. The van der Waals surface area contributed by atoms with Crippen LogP contribution in [0.5, 0.6) is 0 Å². The van der Waals surface area contributed by atoms with Gasteiger partial charge in [-0.1, -0.05) is 199 Å². The van der Waals surface area contributed by atoms with E-state index in [0.29, 0.717) is 13.0 Å². The number of carbonyl (C=O) groups is 2. The Morgan fingerprint density at radius 1 is 0.561 bits per heavy atom.